The third-order valence-corrected chi connectivity index (χ3v) is 2.67. The molecule has 6 heteroatoms. The van der Waals surface area contributed by atoms with Crippen LogP contribution in [0.5, 0.6) is 5.75 Å². The molecule has 19 heavy (non-hydrogen) atoms. The molecule has 0 fully saturated rings. The smallest absolute Gasteiger partial charge is 0.416 e. The van der Waals surface area contributed by atoms with Crippen molar-refractivity contribution in [2.75, 3.05) is 0 Å². The number of hydrogen-bond donors (Lipinski definition) is 1. The highest BCUT2D eigenvalue weighted by molar-refractivity contribution is 6.29. The molecule has 0 aliphatic heterocycles. The van der Waals surface area contributed by atoms with Gasteiger partial charge in [0.15, 0.2) is 0 Å². The SMILES string of the molecule is [CH]=C(Cl)C(O)C(C)(C)Oc1cccc(C(F)(F)F)c1. The molecule has 1 aromatic rings. The second kappa shape index (κ2) is 5.43. The van der Waals surface area contributed by atoms with Crippen molar-refractivity contribution in [3.8, 4) is 5.75 Å². The minimum Gasteiger partial charge on any atom is -0.485 e. The molecule has 0 aromatic heterocycles. The van der Waals surface area contributed by atoms with Crippen LogP contribution < -0.4 is 4.74 Å². The third-order valence-electron chi connectivity index (χ3n) is 2.46. The molecule has 0 heterocycles. The Balaban J connectivity index is 2.97. The summed E-state index contributed by atoms with van der Waals surface area (Å²) in [6.07, 6.45) is -5.77. The fourth-order valence-electron chi connectivity index (χ4n) is 1.43. The first-order valence-electron chi connectivity index (χ1n) is 5.36. The van der Waals surface area contributed by atoms with E-state index in [1.54, 1.807) is 0 Å². The lowest BCUT2D eigenvalue weighted by molar-refractivity contribution is -0.137. The Morgan fingerprint density at radius 2 is 1.95 bits per heavy atom. The molecule has 1 rings (SSSR count). The Labute approximate surface area is 114 Å². The highest BCUT2D eigenvalue weighted by atomic mass is 35.5. The minimum atomic E-state index is -4.46. The summed E-state index contributed by atoms with van der Waals surface area (Å²) in [4.78, 5) is 0. The number of aliphatic hydroxyl groups excluding tert-OH is 1. The molecule has 0 aliphatic rings. The summed E-state index contributed by atoms with van der Waals surface area (Å²) < 4.78 is 42.9. The van der Waals surface area contributed by atoms with Crippen LogP contribution >= 0.6 is 11.6 Å². The first-order chi connectivity index (χ1) is 8.54. The van der Waals surface area contributed by atoms with Gasteiger partial charge in [0.05, 0.1) is 10.6 Å². The van der Waals surface area contributed by atoms with Crippen LogP contribution in [0.1, 0.15) is 19.4 Å². The maximum Gasteiger partial charge on any atom is 0.416 e. The summed E-state index contributed by atoms with van der Waals surface area (Å²) in [6, 6.07) is 4.35. The van der Waals surface area contributed by atoms with E-state index < -0.39 is 23.4 Å². The van der Waals surface area contributed by atoms with Gasteiger partial charge in [0, 0.05) is 0 Å². The average molecular weight is 294 g/mol. The van der Waals surface area contributed by atoms with Crippen LogP contribution in [-0.4, -0.2) is 16.8 Å². The summed E-state index contributed by atoms with van der Waals surface area (Å²) in [5, 5.41) is 9.41. The predicted molar refractivity (Wildman–Crippen MR) is 65.8 cm³/mol. The molecule has 0 amide bonds. The van der Waals surface area contributed by atoms with Gasteiger partial charge in [-0.1, -0.05) is 17.7 Å². The van der Waals surface area contributed by atoms with Gasteiger partial charge >= 0.3 is 6.18 Å². The molecule has 0 saturated heterocycles. The van der Waals surface area contributed by atoms with Crippen LogP contribution in [0.4, 0.5) is 13.2 Å². The molecule has 1 N–H and O–H groups in total. The van der Waals surface area contributed by atoms with Crippen LogP contribution in [0, 0.1) is 6.58 Å². The van der Waals surface area contributed by atoms with Gasteiger partial charge in [0.1, 0.15) is 17.5 Å². The Morgan fingerprint density at radius 1 is 1.37 bits per heavy atom. The quantitative estimate of drug-likeness (QED) is 0.915. The van der Waals surface area contributed by atoms with Crippen LogP contribution in [0.2, 0.25) is 0 Å². The van der Waals surface area contributed by atoms with E-state index in [1.807, 2.05) is 0 Å². The van der Waals surface area contributed by atoms with E-state index >= 15 is 0 Å². The Morgan fingerprint density at radius 3 is 2.42 bits per heavy atom. The molecule has 0 saturated carbocycles. The van der Waals surface area contributed by atoms with Crippen molar-refractivity contribution < 1.29 is 23.0 Å². The van der Waals surface area contributed by atoms with Crippen LogP contribution in [0.15, 0.2) is 29.3 Å². The zero-order chi connectivity index (χ0) is 14.8. The average Bonchev–Trinajstić information content (AvgIpc) is 2.26. The fourth-order valence-corrected chi connectivity index (χ4v) is 1.69. The number of aliphatic hydroxyl groups is 1. The Hall–Kier alpha value is -1.20. The first kappa shape index (κ1) is 15.9. The number of benzene rings is 1. The predicted octanol–water partition coefficient (Wildman–Crippen LogP) is 3.78. The maximum atomic E-state index is 12.5. The van der Waals surface area contributed by atoms with E-state index in [0.717, 1.165) is 12.1 Å². The van der Waals surface area contributed by atoms with Crippen molar-refractivity contribution in [3.05, 3.63) is 41.4 Å². The molecule has 0 spiro atoms. The largest absolute Gasteiger partial charge is 0.485 e. The van der Waals surface area contributed by atoms with Gasteiger partial charge in [0.2, 0.25) is 0 Å². The minimum absolute atomic E-state index is 0.0307. The van der Waals surface area contributed by atoms with E-state index in [4.69, 9.17) is 22.9 Å². The molecular formula is C13H13ClF3O2. The maximum absolute atomic E-state index is 12.5. The first-order valence-corrected chi connectivity index (χ1v) is 5.74. The molecule has 2 nitrogen and oxygen atoms in total. The van der Waals surface area contributed by atoms with E-state index in [-0.39, 0.29) is 10.8 Å². The van der Waals surface area contributed by atoms with Gasteiger partial charge in [-0.2, -0.15) is 13.2 Å². The molecule has 1 unspecified atom stereocenters. The van der Waals surface area contributed by atoms with Gasteiger partial charge < -0.3 is 9.84 Å². The summed E-state index contributed by atoms with van der Waals surface area (Å²) >= 11 is 5.47. The number of alkyl halides is 3. The topological polar surface area (TPSA) is 29.5 Å². The Kier molecular flexibility index (Phi) is 4.53. The lowest BCUT2D eigenvalue weighted by atomic mass is 10.0. The fraction of sp³-hybridized carbons (Fsp3) is 0.385. The van der Waals surface area contributed by atoms with Crippen molar-refractivity contribution in [3.63, 3.8) is 0 Å². The molecule has 0 bridgehead atoms. The van der Waals surface area contributed by atoms with Gasteiger partial charge in [-0.05, 0) is 38.6 Å². The van der Waals surface area contributed by atoms with Gasteiger partial charge in [-0.3, -0.25) is 0 Å². The summed E-state index contributed by atoms with van der Waals surface area (Å²) in [5.74, 6) is -0.0307. The lowest BCUT2D eigenvalue weighted by Gasteiger charge is -2.31. The highest BCUT2D eigenvalue weighted by Crippen LogP contribution is 2.33. The molecule has 0 aliphatic carbocycles. The van der Waals surface area contributed by atoms with Gasteiger partial charge in [-0.15, -0.1) is 0 Å². The lowest BCUT2D eigenvalue weighted by Crippen LogP contribution is -2.42. The van der Waals surface area contributed by atoms with Crippen molar-refractivity contribution in [2.45, 2.75) is 31.7 Å². The molecule has 1 atom stereocenters. The van der Waals surface area contributed by atoms with E-state index in [0.29, 0.717) is 0 Å². The van der Waals surface area contributed by atoms with Crippen LogP contribution in [-0.2, 0) is 6.18 Å². The summed E-state index contributed by atoms with van der Waals surface area (Å²) in [6.45, 7) is 8.18. The molecular weight excluding hydrogens is 281 g/mol. The number of ether oxygens (including phenoxy) is 1. The monoisotopic (exact) mass is 293 g/mol. The second-order valence-corrected chi connectivity index (χ2v) is 4.95. The number of hydrogen-bond acceptors (Lipinski definition) is 2. The number of rotatable bonds is 4. The van der Waals surface area contributed by atoms with E-state index in [2.05, 4.69) is 0 Å². The van der Waals surface area contributed by atoms with Crippen molar-refractivity contribution in [1.29, 1.82) is 0 Å². The summed E-state index contributed by atoms with van der Waals surface area (Å²) in [5.41, 5.74) is -2.09. The molecule has 105 valence electrons. The normalized spacial score (nSPS) is 14.1. The van der Waals surface area contributed by atoms with E-state index in [9.17, 15) is 18.3 Å². The van der Waals surface area contributed by atoms with Gasteiger partial charge in [-0.25, -0.2) is 0 Å². The summed E-state index contributed by atoms with van der Waals surface area (Å²) in [7, 11) is 0. The van der Waals surface area contributed by atoms with Crippen molar-refractivity contribution in [1.82, 2.24) is 0 Å². The highest BCUT2D eigenvalue weighted by Gasteiger charge is 2.34. The zero-order valence-electron chi connectivity index (χ0n) is 10.3. The second-order valence-electron chi connectivity index (χ2n) is 4.52. The zero-order valence-corrected chi connectivity index (χ0v) is 11.1. The van der Waals surface area contributed by atoms with Crippen LogP contribution in [0.3, 0.4) is 0 Å². The standard InChI is InChI=1S/C13H13ClF3O2/c1-8(14)11(18)12(2,3)19-10-6-4-5-9(7-10)13(15,16)17/h1,4-7,11,18H,2-3H3. The van der Waals surface area contributed by atoms with Gasteiger partial charge in [0.25, 0.3) is 0 Å². The van der Waals surface area contributed by atoms with E-state index in [1.165, 1.54) is 26.0 Å². The number of halogens is 4. The van der Waals surface area contributed by atoms with Crippen molar-refractivity contribution in [2.24, 2.45) is 0 Å². The Bertz CT molecular complexity index is 469. The third kappa shape index (κ3) is 4.14. The van der Waals surface area contributed by atoms with Crippen molar-refractivity contribution >= 4 is 11.6 Å². The van der Waals surface area contributed by atoms with Crippen LogP contribution in [0.25, 0.3) is 0 Å². The molecule has 1 aromatic carbocycles. The molecule has 1 radical (unpaired) electrons.